The quantitative estimate of drug-likeness (QED) is 0.847. The maximum atomic E-state index is 11.4. The van der Waals surface area contributed by atoms with Crippen LogP contribution in [-0.2, 0) is 4.79 Å². The van der Waals surface area contributed by atoms with Gasteiger partial charge in [0.15, 0.2) is 0 Å². The van der Waals surface area contributed by atoms with Crippen molar-refractivity contribution in [2.24, 2.45) is 5.41 Å². The number of carboxylic acid groups (broad SMARTS) is 1. The van der Waals surface area contributed by atoms with Gasteiger partial charge in [-0.2, -0.15) is 0 Å². The maximum absolute atomic E-state index is 11.4. The zero-order valence-electron chi connectivity index (χ0n) is 12.6. The van der Waals surface area contributed by atoms with Gasteiger partial charge in [0.2, 0.25) is 0 Å². The summed E-state index contributed by atoms with van der Waals surface area (Å²) in [6.45, 7) is 10.8. The molecule has 2 saturated heterocycles. The Morgan fingerprint density at radius 1 is 1.32 bits per heavy atom. The average Bonchev–Trinajstić information content (AvgIpc) is 2.88. The van der Waals surface area contributed by atoms with Crippen molar-refractivity contribution >= 4 is 5.97 Å². The highest BCUT2D eigenvalue weighted by Crippen LogP contribution is 2.36. The highest BCUT2D eigenvalue weighted by Gasteiger charge is 2.42. The Kier molecular flexibility index (Phi) is 4.51. The number of carboxylic acids is 1. The fourth-order valence-electron chi connectivity index (χ4n) is 3.57. The van der Waals surface area contributed by atoms with E-state index in [9.17, 15) is 9.90 Å². The normalized spacial score (nSPS) is 28.9. The third kappa shape index (κ3) is 2.95. The van der Waals surface area contributed by atoms with Gasteiger partial charge in [0.05, 0.1) is 5.41 Å². The van der Waals surface area contributed by atoms with Crippen LogP contribution in [0.3, 0.4) is 0 Å². The lowest BCUT2D eigenvalue weighted by Gasteiger charge is -2.41. The molecule has 2 rings (SSSR count). The van der Waals surface area contributed by atoms with E-state index in [4.69, 9.17) is 0 Å². The van der Waals surface area contributed by atoms with E-state index in [1.54, 1.807) is 0 Å². The minimum atomic E-state index is -0.593. The summed E-state index contributed by atoms with van der Waals surface area (Å²) in [4.78, 5) is 16.5. The van der Waals surface area contributed by atoms with Crippen LogP contribution >= 0.6 is 0 Å². The van der Waals surface area contributed by atoms with Gasteiger partial charge in [0.1, 0.15) is 0 Å². The smallest absolute Gasteiger partial charge is 0.309 e. The lowest BCUT2D eigenvalue weighted by atomic mass is 9.76. The first-order valence-electron chi connectivity index (χ1n) is 7.70. The van der Waals surface area contributed by atoms with Crippen molar-refractivity contribution in [3.63, 3.8) is 0 Å². The van der Waals surface area contributed by atoms with Crippen LogP contribution < -0.4 is 0 Å². The number of hydrogen-bond donors (Lipinski definition) is 1. The fourth-order valence-corrected chi connectivity index (χ4v) is 3.57. The Morgan fingerprint density at radius 3 is 2.37 bits per heavy atom. The first-order chi connectivity index (χ1) is 8.98. The van der Waals surface area contributed by atoms with Crippen LogP contribution in [0.25, 0.3) is 0 Å². The van der Waals surface area contributed by atoms with Gasteiger partial charge < -0.3 is 5.11 Å². The van der Waals surface area contributed by atoms with E-state index in [-0.39, 0.29) is 0 Å². The summed E-state index contributed by atoms with van der Waals surface area (Å²) >= 11 is 0. The molecular formula is C15H28N2O2. The van der Waals surface area contributed by atoms with E-state index >= 15 is 0 Å². The Morgan fingerprint density at radius 2 is 1.95 bits per heavy atom. The van der Waals surface area contributed by atoms with Crippen LogP contribution in [0.1, 0.15) is 46.5 Å². The van der Waals surface area contributed by atoms with Crippen molar-refractivity contribution in [2.45, 2.75) is 58.5 Å². The lowest BCUT2D eigenvalue weighted by molar-refractivity contribution is -0.152. The van der Waals surface area contributed by atoms with Crippen molar-refractivity contribution in [1.82, 2.24) is 9.80 Å². The molecule has 4 heteroatoms. The van der Waals surface area contributed by atoms with Gasteiger partial charge in [0, 0.05) is 25.2 Å². The number of aliphatic carboxylic acids is 1. The predicted molar refractivity (Wildman–Crippen MR) is 76.3 cm³/mol. The SMILES string of the molecule is CCC1(C(=O)O)CCN(C2CCN(C(C)C)C2)CC1. The average molecular weight is 268 g/mol. The minimum absolute atomic E-state index is 0.452. The fraction of sp³-hybridized carbons (Fsp3) is 0.933. The van der Waals surface area contributed by atoms with Crippen molar-refractivity contribution < 1.29 is 9.90 Å². The van der Waals surface area contributed by atoms with Gasteiger partial charge in [-0.1, -0.05) is 6.92 Å². The summed E-state index contributed by atoms with van der Waals surface area (Å²) < 4.78 is 0. The van der Waals surface area contributed by atoms with E-state index in [2.05, 4.69) is 23.6 Å². The van der Waals surface area contributed by atoms with Crippen LogP contribution in [0.4, 0.5) is 0 Å². The highest BCUT2D eigenvalue weighted by molar-refractivity contribution is 5.74. The van der Waals surface area contributed by atoms with E-state index in [0.717, 1.165) is 38.9 Å². The molecule has 1 unspecified atom stereocenters. The molecule has 1 atom stereocenters. The Hall–Kier alpha value is -0.610. The predicted octanol–water partition coefficient (Wildman–Crippen LogP) is 2.05. The first-order valence-corrected chi connectivity index (χ1v) is 7.70. The Balaban J connectivity index is 1.89. The van der Waals surface area contributed by atoms with Gasteiger partial charge >= 0.3 is 5.97 Å². The van der Waals surface area contributed by atoms with Crippen molar-refractivity contribution in [3.8, 4) is 0 Å². The molecule has 0 spiro atoms. The van der Waals surface area contributed by atoms with E-state index in [1.807, 2.05) is 6.92 Å². The van der Waals surface area contributed by atoms with E-state index in [1.165, 1.54) is 13.0 Å². The summed E-state index contributed by atoms with van der Waals surface area (Å²) in [7, 11) is 0. The summed E-state index contributed by atoms with van der Waals surface area (Å²) in [5.74, 6) is -0.593. The maximum Gasteiger partial charge on any atom is 0.309 e. The topological polar surface area (TPSA) is 43.8 Å². The van der Waals surface area contributed by atoms with Crippen LogP contribution in [0.15, 0.2) is 0 Å². The number of carbonyl (C=O) groups is 1. The molecule has 0 aliphatic carbocycles. The molecule has 0 aromatic rings. The summed E-state index contributed by atoms with van der Waals surface area (Å²) in [6.07, 6.45) is 3.64. The van der Waals surface area contributed by atoms with Crippen LogP contribution in [-0.4, -0.2) is 59.1 Å². The highest BCUT2D eigenvalue weighted by atomic mass is 16.4. The van der Waals surface area contributed by atoms with Gasteiger partial charge in [-0.15, -0.1) is 0 Å². The Bertz CT molecular complexity index is 322. The van der Waals surface area contributed by atoms with Gasteiger partial charge in [0.25, 0.3) is 0 Å². The lowest BCUT2D eigenvalue weighted by Crippen LogP contribution is -2.48. The largest absolute Gasteiger partial charge is 0.481 e. The van der Waals surface area contributed by atoms with Crippen molar-refractivity contribution in [1.29, 1.82) is 0 Å². The number of likely N-dealkylation sites (tertiary alicyclic amines) is 2. The zero-order chi connectivity index (χ0) is 14.0. The Labute approximate surface area is 116 Å². The summed E-state index contributed by atoms with van der Waals surface area (Å²) in [6, 6.07) is 1.27. The molecule has 4 nitrogen and oxygen atoms in total. The number of piperidine rings is 1. The number of rotatable bonds is 4. The van der Waals surface area contributed by atoms with Crippen LogP contribution in [0.5, 0.6) is 0 Å². The zero-order valence-corrected chi connectivity index (χ0v) is 12.6. The van der Waals surface area contributed by atoms with Crippen molar-refractivity contribution in [3.05, 3.63) is 0 Å². The molecule has 19 heavy (non-hydrogen) atoms. The molecular weight excluding hydrogens is 240 g/mol. The summed E-state index contributed by atoms with van der Waals surface area (Å²) in [5.41, 5.74) is -0.452. The molecule has 0 radical (unpaired) electrons. The third-order valence-electron chi connectivity index (χ3n) is 5.33. The third-order valence-corrected chi connectivity index (χ3v) is 5.33. The van der Waals surface area contributed by atoms with E-state index in [0.29, 0.717) is 12.1 Å². The summed E-state index contributed by atoms with van der Waals surface area (Å²) in [5, 5.41) is 9.43. The van der Waals surface area contributed by atoms with Crippen molar-refractivity contribution in [2.75, 3.05) is 26.2 Å². The number of nitrogens with zero attached hydrogens (tertiary/aromatic N) is 2. The standard InChI is InChI=1S/C15H28N2O2/c1-4-15(14(18)19)6-9-16(10-7-15)13-5-8-17(11-13)12(2)3/h12-13H,4-11H2,1-3H3,(H,18,19). The first kappa shape index (κ1) is 14.8. The minimum Gasteiger partial charge on any atom is -0.481 e. The van der Waals surface area contributed by atoms with Gasteiger partial charge in [-0.05, 0) is 52.6 Å². The van der Waals surface area contributed by atoms with E-state index < -0.39 is 11.4 Å². The second kappa shape index (κ2) is 5.80. The van der Waals surface area contributed by atoms with Gasteiger partial charge in [-0.25, -0.2) is 0 Å². The molecule has 2 aliphatic rings. The second-order valence-electron chi connectivity index (χ2n) is 6.51. The van der Waals surface area contributed by atoms with Gasteiger partial charge in [-0.3, -0.25) is 14.6 Å². The van der Waals surface area contributed by atoms with Crippen LogP contribution in [0.2, 0.25) is 0 Å². The molecule has 0 aromatic heterocycles. The second-order valence-corrected chi connectivity index (χ2v) is 6.51. The molecule has 2 heterocycles. The monoisotopic (exact) mass is 268 g/mol. The number of hydrogen-bond acceptors (Lipinski definition) is 3. The molecule has 0 amide bonds. The molecule has 2 fully saturated rings. The molecule has 1 N–H and O–H groups in total. The molecule has 0 saturated carbocycles. The molecule has 110 valence electrons. The molecule has 0 bridgehead atoms. The molecule has 0 aromatic carbocycles. The molecule has 2 aliphatic heterocycles. The van der Waals surface area contributed by atoms with Crippen LogP contribution in [0, 0.1) is 5.41 Å².